The summed E-state index contributed by atoms with van der Waals surface area (Å²) in [6, 6.07) is 11.0. The molecule has 0 radical (unpaired) electrons. The highest BCUT2D eigenvalue weighted by Crippen LogP contribution is 2.16. The van der Waals surface area contributed by atoms with Crippen molar-refractivity contribution < 1.29 is 23.4 Å². The molecule has 1 heterocycles. The molecule has 24 heavy (non-hydrogen) atoms. The second-order valence-corrected chi connectivity index (χ2v) is 5.19. The second kappa shape index (κ2) is 8.93. The van der Waals surface area contributed by atoms with Crippen LogP contribution in [0.1, 0.15) is 16.1 Å². The van der Waals surface area contributed by atoms with E-state index in [2.05, 4.69) is 15.0 Å². The molecule has 2 rings (SSSR count). The number of pyridine rings is 1. The Hall–Kier alpha value is -2.54. The molecular weight excluding hydrogens is 318 g/mol. The molecule has 5 nitrogen and oxygen atoms in total. The number of aliphatic hydroxyl groups is 1. The van der Waals surface area contributed by atoms with Crippen LogP contribution in [0.5, 0.6) is 5.75 Å². The van der Waals surface area contributed by atoms with Crippen LogP contribution in [0.2, 0.25) is 0 Å². The van der Waals surface area contributed by atoms with E-state index in [4.69, 9.17) is 0 Å². The summed E-state index contributed by atoms with van der Waals surface area (Å²) in [5, 5.41) is 12.1. The largest absolute Gasteiger partial charge is 0.435 e. The third-order valence-corrected chi connectivity index (χ3v) is 3.35. The van der Waals surface area contributed by atoms with Gasteiger partial charge in [-0.1, -0.05) is 12.1 Å². The molecule has 2 N–H and O–H groups in total. The number of aromatic nitrogens is 1. The summed E-state index contributed by atoms with van der Waals surface area (Å²) in [6.45, 7) is -2.81. The van der Waals surface area contributed by atoms with Crippen LogP contribution in [0, 0.1) is 5.92 Å². The van der Waals surface area contributed by atoms with Crippen LogP contribution in [-0.2, 0) is 6.42 Å². The summed E-state index contributed by atoms with van der Waals surface area (Å²) in [5.41, 5.74) is 1.03. The summed E-state index contributed by atoms with van der Waals surface area (Å²) < 4.78 is 28.7. The van der Waals surface area contributed by atoms with Crippen LogP contribution in [-0.4, -0.2) is 35.8 Å². The van der Waals surface area contributed by atoms with Crippen LogP contribution in [0.25, 0.3) is 0 Å². The maximum atomic E-state index is 12.2. The van der Waals surface area contributed by atoms with Gasteiger partial charge in [0.1, 0.15) is 5.75 Å². The molecule has 0 spiro atoms. The van der Waals surface area contributed by atoms with E-state index in [1.54, 1.807) is 12.3 Å². The zero-order valence-corrected chi connectivity index (χ0v) is 12.9. The lowest BCUT2D eigenvalue weighted by Gasteiger charge is -2.15. The van der Waals surface area contributed by atoms with Crippen molar-refractivity contribution in [1.82, 2.24) is 10.3 Å². The van der Waals surface area contributed by atoms with Gasteiger partial charge in [-0.05, 0) is 36.8 Å². The van der Waals surface area contributed by atoms with E-state index in [0.717, 1.165) is 5.69 Å². The van der Waals surface area contributed by atoms with Crippen LogP contribution in [0.15, 0.2) is 48.7 Å². The molecule has 0 aliphatic carbocycles. The smallest absolute Gasteiger partial charge is 0.387 e. The molecule has 0 aliphatic rings. The lowest BCUT2D eigenvalue weighted by molar-refractivity contribution is -0.0498. The minimum Gasteiger partial charge on any atom is -0.435 e. The molecule has 0 saturated heterocycles. The maximum absolute atomic E-state index is 12.2. The first-order valence-corrected chi connectivity index (χ1v) is 7.42. The van der Waals surface area contributed by atoms with Crippen molar-refractivity contribution in [3.63, 3.8) is 0 Å². The van der Waals surface area contributed by atoms with Gasteiger partial charge in [-0.25, -0.2) is 0 Å². The fourth-order valence-corrected chi connectivity index (χ4v) is 2.17. The van der Waals surface area contributed by atoms with Gasteiger partial charge in [0.05, 0.1) is 0 Å². The molecule has 0 bridgehead atoms. The van der Waals surface area contributed by atoms with E-state index in [1.807, 2.05) is 12.1 Å². The van der Waals surface area contributed by atoms with Crippen molar-refractivity contribution >= 4 is 5.91 Å². The Morgan fingerprint density at radius 1 is 1.25 bits per heavy atom. The van der Waals surface area contributed by atoms with Crippen LogP contribution in [0.4, 0.5) is 8.78 Å². The van der Waals surface area contributed by atoms with Gasteiger partial charge in [0.15, 0.2) is 0 Å². The average molecular weight is 336 g/mol. The Morgan fingerprint density at radius 2 is 2.08 bits per heavy atom. The van der Waals surface area contributed by atoms with Gasteiger partial charge in [-0.2, -0.15) is 8.78 Å². The van der Waals surface area contributed by atoms with Gasteiger partial charge in [-0.3, -0.25) is 9.78 Å². The number of ether oxygens (including phenoxy) is 1. The number of alkyl halides is 2. The number of nitrogens with zero attached hydrogens (tertiary/aromatic N) is 1. The first-order chi connectivity index (χ1) is 11.6. The topological polar surface area (TPSA) is 71.5 Å². The molecule has 1 atom stereocenters. The molecule has 128 valence electrons. The van der Waals surface area contributed by atoms with E-state index >= 15 is 0 Å². The molecule has 0 fully saturated rings. The molecule has 1 aromatic heterocycles. The number of nitrogens with one attached hydrogen (secondary N) is 1. The molecular formula is C17H18F2N2O3. The summed E-state index contributed by atoms with van der Waals surface area (Å²) in [4.78, 5) is 16.3. The van der Waals surface area contributed by atoms with Crippen molar-refractivity contribution in [2.75, 3.05) is 13.2 Å². The lowest BCUT2D eigenvalue weighted by Crippen LogP contribution is -2.32. The summed E-state index contributed by atoms with van der Waals surface area (Å²) in [6.07, 6.45) is 2.18. The molecule has 0 aliphatic heterocycles. The highest BCUT2D eigenvalue weighted by molar-refractivity contribution is 5.94. The van der Waals surface area contributed by atoms with Crippen molar-refractivity contribution in [3.05, 3.63) is 59.9 Å². The molecule has 7 heteroatoms. The number of carbonyl (C=O) groups excluding carboxylic acids is 1. The first kappa shape index (κ1) is 17.8. The van der Waals surface area contributed by atoms with Crippen molar-refractivity contribution in [1.29, 1.82) is 0 Å². The van der Waals surface area contributed by atoms with Gasteiger partial charge in [0.25, 0.3) is 5.91 Å². The summed E-state index contributed by atoms with van der Waals surface area (Å²) >= 11 is 0. The van der Waals surface area contributed by atoms with Crippen LogP contribution < -0.4 is 10.1 Å². The fraction of sp³-hybridized carbons (Fsp3) is 0.294. The lowest BCUT2D eigenvalue weighted by atomic mass is 10.0. The summed E-state index contributed by atoms with van der Waals surface area (Å²) in [5.74, 6) is -0.691. The standard InChI is InChI=1S/C17H18F2N2O3/c18-17(19)24-15-6-3-4-13(9-15)16(23)21-10-12(11-22)8-14-5-1-2-7-20-14/h1-7,9,12,17,22H,8,10-11H2,(H,21,23). The van der Waals surface area contributed by atoms with Gasteiger partial charge in [0.2, 0.25) is 0 Å². The highest BCUT2D eigenvalue weighted by atomic mass is 19.3. The Balaban J connectivity index is 1.91. The van der Waals surface area contributed by atoms with E-state index in [-0.39, 0.29) is 30.4 Å². The number of rotatable bonds is 8. The summed E-state index contributed by atoms with van der Waals surface area (Å²) in [7, 11) is 0. The number of carbonyl (C=O) groups is 1. The third-order valence-electron chi connectivity index (χ3n) is 3.35. The first-order valence-electron chi connectivity index (χ1n) is 7.42. The zero-order chi connectivity index (χ0) is 17.4. The Bertz CT molecular complexity index is 653. The quantitative estimate of drug-likeness (QED) is 0.776. The van der Waals surface area contributed by atoms with Gasteiger partial charge in [0, 0.05) is 36.5 Å². The van der Waals surface area contributed by atoms with E-state index in [0.29, 0.717) is 6.42 Å². The minimum absolute atomic E-state index is 0.0788. The Morgan fingerprint density at radius 3 is 2.75 bits per heavy atom. The van der Waals surface area contributed by atoms with E-state index < -0.39 is 12.5 Å². The number of hydrogen-bond acceptors (Lipinski definition) is 4. The van der Waals surface area contributed by atoms with Crippen LogP contribution >= 0.6 is 0 Å². The highest BCUT2D eigenvalue weighted by Gasteiger charge is 2.13. The SMILES string of the molecule is O=C(NCC(CO)Cc1ccccn1)c1cccc(OC(F)F)c1. The molecule has 0 saturated carbocycles. The van der Waals surface area contributed by atoms with Gasteiger partial charge in [-0.15, -0.1) is 0 Å². The number of halogens is 2. The average Bonchev–Trinajstić information content (AvgIpc) is 2.59. The fourth-order valence-electron chi connectivity index (χ4n) is 2.17. The van der Waals surface area contributed by atoms with Crippen molar-refractivity contribution in [3.8, 4) is 5.75 Å². The zero-order valence-electron chi connectivity index (χ0n) is 12.9. The number of amides is 1. The molecule has 1 unspecified atom stereocenters. The number of benzene rings is 1. The molecule has 1 aromatic carbocycles. The van der Waals surface area contributed by atoms with Crippen molar-refractivity contribution in [2.45, 2.75) is 13.0 Å². The van der Waals surface area contributed by atoms with Crippen molar-refractivity contribution in [2.24, 2.45) is 5.92 Å². The predicted octanol–water partition coefficient (Wildman–Crippen LogP) is 2.26. The predicted molar refractivity (Wildman–Crippen MR) is 83.9 cm³/mol. The normalized spacial score (nSPS) is 12.0. The monoisotopic (exact) mass is 336 g/mol. The molecule has 1 amide bonds. The number of aliphatic hydroxyl groups excluding tert-OH is 1. The van der Waals surface area contributed by atoms with Crippen LogP contribution in [0.3, 0.4) is 0 Å². The van der Waals surface area contributed by atoms with E-state index in [9.17, 15) is 18.7 Å². The number of hydrogen-bond donors (Lipinski definition) is 2. The van der Waals surface area contributed by atoms with E-state index in [1.165, 1.54) is 24.3 Å². The Kier molecular flexibility index (Phi) is 6.62. The minimum atomic E-state index is -2.94. The molecule has 2 aromatic rings. The second-order valence-electron chi connectivity index (χ2n) is 5.19. The third kappa shape index (κ3) is 5.58. The van der Waals surface area contributed by atoms with Gasteiger partial charge >= 0.3 is 6.61 Å². The maximum Gasteiger partial charge on any atom is 0.387 e. The van der Waals surface area contributed by atoms with Gasteiger partial charge < -0.3 is 15.2 Å². The Labute approximate surface area is 138 Å².